The first-order chi connectivity index (χ1) is 7.65. The molecule has 2 fully saturated rings. The van der Waals surface area contributed by atoms with Gasteiger partial charge in [-0.2, -0.15) is 0 Å². The van der Waals surface area contributed by atoms with Gasteiger partial charge in [-0.05, 0) is 13.3 Å². The first kappa shape index (κ1) is 11.8. The van der Waals surface area contributed by atoms with Crippen molar-refractivity contribution in [1.29, 1.82) is 0 Å². The molecule has 2 rings (SSSR count). The summed E-state index contributed by atoms with van der Waals surface area (Å²) in [6.45, 7) is 5.89. The lowest BCUT2D eigenvalue weighted by Gasteiger charge is -2.32. The van der Waals surface area contributed by atoms with Crippen LogP contribution in [0.5, 0.6) is 0 Å². The minimum absolute atomic E-state index is 0.141. The Hall–Kier alpha value is -0.650. The summed E-state index contributed by atoms with van der Waals surface area (Å²) in [6.07, 6.45) is 0.672. The van der Waals surface area contributed by atoms with Crippen LogP contribution in [-0.2, 0) is 9.53 Å². The lowest BCUT2D eigenvalue weighted by molar-refractivity contribution is -0.139. The second-order valence-corrected chi connectivity index (χ2v) is 4.70. The Labute approximate surface area is 96.0 Å². The van der Waals surface area contributed by atoms with Gasteiger partial charge in [0.1, 0.15) is 0 Å². The van der Waals surface area contributed by atoms with Crippen molar-refractivity contribution in [2.75, 3.05) is 39.3 Å². The third-order valence-electron chi connectivity index (χ3n) is 3.20. The van der Waals surface area contributed by atoms with Crippen LogP contribution < -0.4 is 0 Å². The Kier molecular flexibility index (Phi) is 3.78. The van der Waals surface area contributed by atoms with Crippen LogP contribution in [-0.4, -0.2) is 72.4 Å². The summed E-state index contributed by atoms with van der Waals surface area (Å²) >= 11 is 0. The Bertz CT molecular complexity index is 260. The molecule has 5 nitrogen and oxygen atoms in total. The Morgan fingerprint density at radius 3 is 2.88 bits per heavy atom. The predicted octanol–water partition coefficient (Wildman–Crippen LogP) is -0.700. The largest absolute Gasteiger partial charge is 0.392 e. The van der Waals surface area contributed by atoms with Crippen molar-refractivity contribution in [3.05, 3.63) is 0 Å². The minimum Gasteiger partial charge on any atom is -0.392 e. The molecule has 1 amide bonds. The van der Waals surface area contributed by atoms with Crippen LogP contribution in [0.3, 0.4) is 0 Å². The number of hydrogen-bond acceptors (Lipinski definition) is 4. The van der Waals surface area contributed by atoms with Crippen molar-refractivity contribution in [1.82, 2.24) is 9.80 Å². The highest BCUT2D eigenvalue weighted by Crippen LogP contribution is 2.10. The molecule has 5 heteroatoms. The zero-order valence-corrected chi connectivity index (χ0v) is 9.76. The molecule has 2 saturated heterocycles. The number of morpholine rings is 1. The van der Waals surface area contributed by atoms with Crippen LogP contribution in [0.4, 0.5) is 0 Å². The number of carbonyl (C=O) groups is 1. The van der Waals surface area contributed by atoms with E-state index in [4.69, 9.17) is 4.74 Å². The summed E-state index contributed by atoms with van der Waals surface area (Å²) in [5, 5.41) is 9.38. The van der Waals surface area contributed by atoms with E-state index in [1.165, 1.54) is 0 Å². The molecule has 2 aliphatic heterocycles. The summed E-state index contributed by atoms with van der Waals surface area (Å²) in [7, 11) is 0. The number of aliphatic hydroxyl groups excluding tert-OH is 1. The molecule has 0 aromatic carbocycles. The smallest absolute Gasteiger partial charge is 0.236 e. The Morgan fingerprint density at radius 1 is 1.44 bits per heavy atom. The number of carbonyl (C=O) groups excluding carboxylic acids is 1. The van der Waals surface area contributed by atoms with Crippen LogP contribution in [0.25, 0.3) is 0 Å². The van der Waals surface area contributed by atoms with Crippen LogP contribution >= 0.6 is 0 Å². The third kappa shape index (κ3) is 2.93. The third-order valence-corrected chi connectivity index (χ3v) is 3.20. The van der Waals surface area contributed by atoms with Gasteiger partial charge >= 0.3 is 0 Å². The maximum Gasteiger partial charge on any atom is 0.236 e. The highest BCUT2D eigenvalue weighted by atomic mass is 16.5. The second-order valence-electron chi connectivity index (χ2n) is 4.70. The van der Waals surface area contributed by atoms with Crippen molar-refractivity contribution in [3.8, 4) is 0 Å². The normalized spacial score (nSPS) is 32.0. The molecule has 0 saturated carbocycles. The maximum absolute atomic E-state index is 12.0. The average Bonchev–Trinajstić information content (AvgIpc) is 2.64. The van der Waals surface area contributed by atoms with Gasteiger partial charge in [-0.3, -0.25) is 9.69 Å². The van der Waals surface area contributed by atoms with Gasteiger partial charge in [0.25, 0.3) is 0 Å². The highest BCUT2D eigenvalue weighted by Gasteiger charge is 2.26. The first-order valence-corrected chi connectivity index (χ1v) is 5.95. The van der Waals surface area contributed by atoms with E-state index in [0.29, 0.717) is 32.8 Å². The molecule has 0 aromatic heterocycles. The monoisotopic (exact) mass is 228 g/mol. The molecule has 0 aromatic rings. The van der Waals surface area contributed by atoms with Crippen molar-refractivity contribution in [3.63, 3.8) is 0 Å². The second kappa shape index (κ2) is 5.12. The molecule has 0 aliphatic carbocycles. The highest BCUT2D eigenvalue weighted by molar-refractivity contribution is 5.78. The molecular weight excluding hydrogens is 208 g/mol. The fraction of sp³-hybridized carbons (Fsp3) is 0.909. The number of aliphatic hydroxyl groups is 1. The van der Waals surface area contributed by atoms with Gasteiger partial charge in [-0.1, -0.05) is 0 Å². The standard InChI is InChI=1S/C11H20N2O3/c1-9-6-13(4-5-16-9)11(15)8-12-3-2-10(14)7-12/h9-10,14H,2-8H2,1H3/t9?,10-/m0/s1. The molecule has 0 bridgehead atoms. The van der Waals surface area contributed by atoms with Crippen LogP contribution in [0.1, 0.15) is 13.3 Å². The minimum atomic E-state index is -0.253. The summed E-state index contributed by atoms with van der Waals surface area (Å²) in [4.78, 5) is 15.8. The number of nitrogens with zero attached hydrogens (tertiary/aromatic N) is 2. The number of ether oxygens (including phenoxy) is 1. The molecule has 2 heterocycles. The molecule has 2 atom stereocenters. The number of β-amino-alcohol motifs (C(OH)–C–C–N with tert-alkyl or cyclic N) is 1. The first-order valence-electron chi connectivity index (χ1n) is 5.95. The maximum atomic E-state index is 12.0. The van der Waals surface area contributed by atoms with Crippen LogP contribution in [0.15, 0.2) is 0 Å². The quantitative estimate of drug-likeness (QED) is 0.679. The van der Waals surface area contributed by atoms with Gasteiger partial charge in [0, 0.05) is 26.2 Å². The summed E-state index contributed by atoms with van der Waals surface area (Å²) in [5.41, 5.74) is 0. The van der Waals surface area contributed by atoms with E-state index < -0.39 is 0 Å². The van der Waals surface area contributed by atoms with E-state index in [9.17, 15) is 9.90 Å². The van der Waals surface area contributed by atoms with Crippen molar-refractivity contribution < 1.29 is 14.6 Å². The van der Waals surface area contributed by atoms with E-state index in [0.717, 1.165) is 13.0 Å². The number of amides is 1. The van der Waals surface area contributed by atoms with E-state index >= 15 is 0 Å². The van der Waals surface area contributed by atoms with Crippen LogP contribution in [0.2, 0.25) is 0 Å². The lowest BCUT2D eigenvalue weighted by Crippen LogP contribution is -2.48. The zero-order chi connectivity index (χ0) is 11.5. The molecule has 92 valence electrons. The summed E-state index contributed by atoms with van der Waals surface area (Å²) in [5.74, 6) is 0.157. The Morgan fingerprint density at radius 2 is 2.25 bits per heavy atom. The van der Waals surface area contributed by atoms with Gasteiger partial charge in [0.2, 0.25) is 5.91 Å². The van der Waals surface area contributed by atoms with Gasteiger partial charge in [0.15, 0.2) is 0 Å². The fourth-order valence-electron chi connectivity index (χ4n) is 2.29. The van der Waals surface area contributed by atoms with Gasteiger partial charge in [-0.15, -0.1) is 0 Å². The van der Waals surface area contributed by atoms with Crippen molar-refractivity contribution in [2.24, 2.45) is 0 Å². The SMILES string of the molecule is CC1CN(C(=O)CN2CC[C@H](O)C2)CCO1. The van der Waals surface area contributed by atoms with Crippen molar-refractivity contribution in [2.45, 2.75) is 25.6 Å². The number of hydrogen-bond donors (Lipinski definition) is 1. The van der Waals surface area contributed by atoms with E-state index in [-0.39, 0.29) is 18.1 Å². The van der Waals surface area contributed by atoms with E-state index in [1.54, 1.807) is 0 Å². The molecular formula is C11H20N2O3. The predicted molar refractivity (Wildman–Crippen MR) is 59.1 cm³/mol. The molecule has 16 heavy (non-hydrogen) atoms. The number of likely N-dealkylation sites (tertiary alicyclic amines) is 1. The molecule has 0 spiro atoms. The summed E-state index contributed by atoms with van der Waals surface area (Å²) < 4.78 is 5.40. The van der Waals surface area contributed by atoms with Crippen molar-refractivity contribution >= 4 is 5.91 Å². The topological polar surface area (TPSA) is 53.0 Å². The zero-order valence-electron chi connectivity index (χ0n) is 9.76. The molecule has 2 aliphatic rings. The molecule has 1 N–H and O–H groups in total. The van der Waals surface area contributed by atoms with Gasteiger partial charge in [0.05, 0.1) is 25.4 Å². The van der Waals surface area contributed by atoms with Gasteiger partial charge < -0.3 is 14.7 Å². The van der Waals surface area contributed by atoms with E-state index in [1.807, 2.05) is 16.7 Å². The number of rotatable bonds is 2. The Balaban J connectivity index is 1.78. The molecule has 1 unspecified atom stereocenters. The van der Waals surface area contributed by atoms with Crippen LogP contribution in [0, 0.1) is 0 Å². The molecule has 0 radical (unpaired) electrons. The average molecular weight is 228 g/mol. The fourth-order valence-corrected chi connectivity index (χ4v) is 2.29. The van der Waals surface area contributed by atoms with Gasteiger partial charge in [-0.25, -0.2) is 0 Å². The summed E-state index contributed by atoms with van der Waals surface area (Å²) in [6, 6.07) is 0. The lowest BCUT2D eigenvalue weighted by atomic mass is 10.3. The van der Waals surface area contributed by atoms with E-state index in [2.05, 4.69) is 0 Å².